The van der Waals surface area contributed by atoms with Crippen molar-refractivity contribution in [3.63, 3.8) is 0 Å². The Bertz CT molecular complexity index is 592. The van der Waals surface area contributed by atoms with Crippen molar-refractivity contribution in [2.75, 3.05) is 5.32 Å². The van der Waals surface area contributed by atoms with Gasteiger partial charge >= 0.3 is 0 Å². The molecule has 1 unspecified atom stereocenters. The highest BCUT2D eigenvalue weighted by Gasteiger charge is 2.20. The summed E-state index contributed by atoms with van der Waals surface area (Å²) in [5.74, 6) is 1.02. The first-order chi connectivity index (χ1) is 9.24. The Kier molecular flexibility index (Phi) is 2.98. The number of carbonyl (C=O) groups is 1. The van der Waals surface area contributed by atoms with Gasteiger partial charge in [0.2, 0.25) is 5.95 Å². The number of aryl methyl sites for hydroxylation is 1. The average molecular weight is 257 g/mol. The molecule has 0 saturated heterocycles. The first-order valence-electron chi connectivity index (χ1n) is 6.42. The standard InChI is InChI=1S/C13H15N5O/c1-9-5-4-7-11-15-13(17-18(9)11)16-12(19)10-6-2-3-8-14-10/h2-3,6,8-9H,4-5,7H2,1H3,(H,16,17,19). The third-order valence-electron chi connectivity index (χ3n) is 3.26. The van der Waals surface area contributed by atoms with Crippen LogP contribution in [-0.2, 0) is 6.42 Å². The van der Waals surface area contributed by atoms with Gasteiger partial charge in [0.1, 0.15) is 11.5 Å². The Morgan fingerprint density at radius 1 is 1.47 bits per heavy atom. The van der Waals surface area contributed by atoms with Crippen LogP contribution in [0.15, 0.2) is 24.4 Å². The molecule has 0 saturated carbocycles. The van der Waals surface area contributed by atoms with Gasteiger partial charge in [0.05, 0.1) is 6.04 Å². The molecule has 1 atom stereocenters. The maximum Gasteiger partial charge on any atom is 0.276 e. The SMILES string of the molecule is CC1CCCc2nc(NC(=O)c3ccccn3)nn21. The molecule has 1 aliphatic rings. The van der Waals surface area contributed by atoms with Crippen LogP contribution in [-0.4, -0.2) is 25.7 Å². The van der Waals surface area contributed by atoms with E-state index in [-0.39, 0.29) is 5.91 Å². The number of hydrogen-bond acceptors (Lipinski definition) is 4. The van der Waals surface area contributed by atoms with E-state index in [0.717, 1.165) is 25.1 Å². The van der Waals surface area contributed by atoms with Crippen molar-refractivity contribution in [3.8, 4) is 0 Å². The highest BCUT2D eigenvalue weighted by Crippen LogP contribution is 2.23. The summed E-state index contributed by atoms with van der Waals surface area (Å²) in [6.07, 6.45) is 4.72. The van der Waals surface area contributed by atoms with Crippen LogP contribution in [0.1, 0.15) is 42.1 Å². The fraction of sp³-hybridized carbons (Fsp3) is 0.385. The number of aromatic nitrogens is 4. The summed E-state index contributed by atoms with van der Waals surface area (Å²) in [5.41, 5.74) is 0.364. The van der Waals surface area contributed by atoms with E-state index < -0.39 is 0 Å². The maximum absolute atomic E-state index is 11.9. The van der Waals surface area contributed by atoms with E-state index in [1.165, 1.54) is 0 Å². The van der Waals surface area contributed by atoms with E-state index in [1.807, 2.05) is 4.68 Å². The number of fused-ring (bicyclic) bond motifs is 1. The van der Waals surface area contributed by atoms with Crippen LogP contribution in [0.5, 0.6) is 0 Å². The lowest BCUT2D eigenvalue weighted by molar-refractivity contribution is 0.102. The molecular formula is C13H15N5O. The molecule has 0 aromatic carbocycles. The lowest BCUT2D eigenvalue weighted by atomic mass is 10.1. The monoisotopic (exact) mass is 257 g/mol. The number of pyridine rings is 1. The van der Waals surface area contributed by atoms with E-state index >= 15 is 0 Å². The third-order valence-corrected chi connectivity index (χ3v) is 3.26. The molecule has 2 aromatic rings. The second-order valence-corrected chi connectivity index (χ2v) is 4.71. The Morgan fingerprint density at radius 2 is 2.37 bits per heavy atom. The summed E-state index contributed by atoms with van der Waals surface area (Å²) >= 11 is 0. The Labute approximate surface area is 110 Å². The Hall–Kier alpha value is -2.24. The zero-order valence-electron chi connectivity index (χ0n) is 10.7. The quantitative estimate of drug-likeness (QED) is 0.890. The van der Waals surface area contributed by atoms with Gasteiger partial charge in [-0.3, -0.25) is 15.1 Å². The largest absolute Gasteiger partial charge is 0.288 e. The highest BCUT2D eigenvalue weighted by molar-refractivity contribution is 6.01. The number of rotatable bonds is 2. The minimum absolute atomic E-state index is 0.281. The summed E-state index contributed by atoms with van der Waals surface area (Å²) in [4.78, 5) is 20.3. The van der Waals surface area contributed by atoms with E-state index in [4.69, 9.17) is 0 Å². The van der Waals surface area contributed by atoms with E-state index in [0.29, 0.717) is 17.7 Å². The molecule has 98 valence electrons. The maximum atomic E-state index is 11.9. The summed E-state index contributed by atoms with van der Waals surface area (Å²) in [7, 11) is 0. The number of carbonyl (C=O) groups excluding carboxylic acids is 1. The van der Waals surface area contributed by atoms with Gasteiger partial charge in [-0.2, -0.15) is 4.98 Å². The molecule has 1 N–H and O–H groups in total. The predicted molar refractivity (Wildman–Crippen MR) is 69.9 cm³/mol. The minimum atomic E-state index is -0.281. The van der Waals surface area contributed by atoms with Gasteiger partial charge in [0.25, 0.3) is 5.91 Å². The van der Waals surface area contributed by atoms with Crippen molar-refractivity contribution in [1.82, 2.24) is 19.7 Å². The minimum Gasteiger partial charge on any atom is -0.288 e. The van der Waals surface area contributed by atoms with Crippen LogP contribution >= 0.6 is 0 Å². The molecule has 6 nitrogen and oxygen atoms in total. The smallest absolute Gasteiger partial charge is 0.276 e. The van der Waals surface area contributed by atoms with Crippen molar-refractivity contribution >= 4 is 11.9 Å². The van der Waals surface area contributed by atoms with Gasteiger partial charge in [0.15, 0.2) is 0 Å². The predicted octanol–water partition coefficient (Wildman–Crippen LogP) is 1.82. The van der Waals surface area contributed by atoms with E-state index in [1.54, 1.807) is 24.4 Å². The molecule has 19 heavy (non-hydrogen) atoms. The van der Waals surface area contributed by atoms with Gasteiger partial charge < -0.3 is 0 Å². The van der Waals surface area contributed by atoms with E-state index in [2.05, 4.69) is 27.3 Å². The number of nitrogens with zero attached hydrogens (tertiary/aromatic N) is 4. The molecule has 0 aliphatic carbocycles. The molecule has 2 aromatic heterocycles. The molecule has 0 bridgehead atoms. The van der Waals surface area contributed by atoms with Gasteiger partial charge in [-0.05, 0) is 31.9 Å². The fourth-order valence-electron chi connectivity index (χ4n) is 2.27. The van der Waals surface area contributed by atoms with Crippen LogP contribution in [0.4, 0.5) is 5.95 Å². The number of hydrogen-bond donors (Lipinski definition) is 1. The molecular weight excluding hydrogens is 242 g/mol. The van der Waals surface area contributed by atoms with E-state index in [9.17, 15) is 4.79 Å². The third kappa shape index (κ3) is 2.33. The van der Waals surface area contributed by atoms with Crippen LogP contribution in [0.25, 0.3) is 0 Å². The summed E-state index contributed by atoms with van der Waals surface area (Å²) in [6, 6.07) is 5.55. The topological polar surface area (TPSA) is 72.7 Å². The zero-order valence-corrected chi connectivity index (χ0v) is 10.7. The van der Waals surface area contributed by atoms with Crippen molar-refractivity contribution in [2.24, 2.45) is 0 Å². The zero-order chi connectivity index (χ0) is 13.2. The molecule has 0 spiro atoms. The lowest BCUT2D eigenvalue weighted by Gasteiger charge is -2.18. The second-order valence-electron chi connectivity index (χ2n) is 4.71. The van der Waals surface area contributed by atoms with Crippen molar-refractivity contribution in [1.29, 1.82) is 0 Å². The molecule has 0 fully saturated rings. The molecule has 3 rings (SSSR count). The van der Waals surface area contributed by atoms with Crippen molar-refractivity contribution < 1.29 is 4.79 Å². The van der Waals surface area contributed by atoms with Crippen LogP contribution in [0.3, 0.4) is 0 Å². The lowest BCUT2D eigenvalue weighted by Crippen LogP contribution is -2.17. The normalized spacial score (nSPS) is 17.8. The van der Waals surface area contributed by atoms with Gasteiger partial charge in [-0.15, -0.1) is 5.10 Å². The number of nitrogens with one attached hydrogen (secondary N) is 1. The van der Waals surface area contributed by atoms with Crippen LogP contribution in [0, 0.1) is 0 Å². The first-order valence-corrected chi connectivity index (χ1v) is 6.42. The number of amides is 1. The van der Waals surface area contributed by atoms with Crippen LogP contribution < -0.4 is 5.32 Å². The summed E-state index contributed by atoms with van der Waals surface area (Å²) in [6.45, 7) is 2.11. The summed E-state index contributed by atoms with van der Waals surface area (Å²) in [5, 5.41) is 7.03. The molecule has 3 heterocycles. The number of anilines is 1. The van der Waals surface area contributed by atoms with Crippen molar-refractivity contribution in [3.05, 3.63) is 35.9 Å². The average Bonchev–Trinajstić information content (AvgIpc) is 2.84. The molecule has 1 aliphatic heterocycles. The molecule has 6 heteroatoms. The Morgan fingerprint density at radius 3 is 3.11 bits per heavy atom. The highest BCUT2D eigenvalue weighted by atomic mass is 16.2. The first kappa shape index (κ1) is 11.8. The van der Waals surface area contributed by atoms with Gasteiger partial charge in [0, 0.05) is 12.6 Å². The van der Waals surface area contributed by atoms with Gasteiger partial charge in [-0.25, -0.2) is 4.68 Å². The summed E-state index contributed by atoms with van der Waals surface area (Å²) < 4.78 is 1.90. The van der Waals surface area contributed by atoms with Gasteiger partial charge in [-0.1, -0.05) is 6.07 Å². The Balaban J connectivity index is 1.79. The molecule has 0 radical (unpaired) electrons. The van der Waals surface area contributed by atoms with Crippen molar-refractivity contribution in [2.45, 2.75) is 32.2 Å². The second kappa shape index (κ2) is 4.79. The fourth-order valence-corrected chi connectivity index (χ4v) is 2.27. The molecule has 1 amide bonds. The van der Waals surface area contributed by atoms with Crippen LogP contribution in [0.2, 0.25) is 0 Å².